The zero-order valence-corrected chi connectivity index (χ0v) is 13.7. The van der Waals surface area contributed by atoms with E-state index in [0.29, 0.717) is 13.2 Å². The first-order chi connectivity index (χ1) is 11.8. The van der Waals surface area contributed by atoms with Crippen LogP contribution in [0.1, 0.15) is 30.2 Å². The molecule has 1 aliphatic heterocycles. The predicted octanol–water partition coefficient (Wildman–Crippen LogP) is 2.84. The SMILES string of the molecule is O=C(NCCc1ccccn1)NC1CCOC(c2ccccc2)C1. The molecule has 2 atom stereocenters. The van der Waals surface area contributed by atoms with Gasteiger partial charge in [0.1, 0.15) is 0 Å². The molecule has 1 aromatic heterocycles. The molecule has 2 heterocycles. The molecule has 1 aliphatic rings. The molecule has 2 aromatic rings. The number of carbonyl (C=O) groups is 1. The zero-order chi connectivity index (χ0) is 16.6. The van der Waals surface area contributed by atoms with Crippen LogP contribution in [0.5, 0.6) is 0 Å². The molecule has 0 saturated carbocycles. The summed E-state index contributed by atoms with van der Waals surface area (Å²) in [6.07, 6.45) is 4.20. The molecule has 5 nitrogen and oxygen atoms in total. The van der Waals surface area contributed by atoms with Gasteiger partial charge in [0.15, 0.2) is 0 Å². The highest BCUT2D eigenvalue weighted by atomic mass is 16.5. The molecule has 0 aliphatic carbocycles. The van der Waals surface area contributed by atoms with Crippen LogP contribution in [-0.2, 0) is 11.2 Å². The van der Waals surface area contributed by atoms with Crippen LogP contribution >= 0.6 is 0 Å². The van der Waals surface area contributed by atoms with Crippen LogP contribution in [0.2, 0.25) is 0 Å². The number of amides is 2. The van der Waals surface area contributed by atoms with Gasteiger partial charge in [0.25, 0.3) is 0 Å². The summed E-state index contributed by atoms with van der Waals surface area (Å²) in [4.78, 5) is 16.3. The fourth-order valence-electron chi connectivity index (χ4n) is 2.91. The van der Waals surface area contributed by atoms with E-state index in [-0.39, 0.29) is 18.2 Å². The molecule has 1 saturated heterocycles. The Kier molecular flexibility index (Phi) is 5.80. The fraction of sp³-hybridized carbons (Fsp3) is 0.368. The minimum atomic E-state index is -0.121. The van der Waals surface area contributed by atoms with Gasteiger partial charge in [0.05, 0.1) is 6.10 Å². The van der Waals surface area contributed by atoms with Crippen LogP contribution in [-0.4, -0.2) is 30.2 Å². The lowest BCUT2D eigenvalue weighted by atomic mass is 9.97. The summed E-state index contributed by atoms with van der Waals surface area (Å²) in [5.74, 6) is 0. The van der Waals surface area contributed by atoms with Gasteiger partial charge in [-0.2, -0.15) is 0 Å². The van der Waals surface area contributed by atoms with Crippen molar-refractivity contribution in [3.05, 3.63) is 66.0 Å². The molecule has 1 fully saturated rings. The summed E-state index contributed by atoms with van der Waals surface area (Å²) in [7, 11) is 0. The van der Waals surface area contributed by atoms with Gasteiger partial charge in [-0.15, -0.1) is 0 Å². The van der Waals surface area contributed by atoms with Crippen molar-refractivity contribution in [3.63, 3.8) is 0 Å². The Labute approximate surface area is 142 Å². The Morgan fingerprint density at radius 2 is 2.00 bits per heavy atom. The highest BCUT2D eigenvalue weighted by molar-refractivity contribution is 5.74. The van der Waals surface area contributed by atoms with E-state index >= 15 is 0 Å². The average molecular weight is 325 g/mol. The predicted molar refractivity (Wildman–Crippen MR) is 92.6 cm³/mol. The first-order valence-electron chi connectivity index (χ1n) is 8.42. The van der Waals surface area contributed by atoms with Crippen molar-refractivity contribution in [1.29, 1.82) is 0 Å². The van der Waals surface area contributed by atoms with E-state index < -0.39 is 0 Å². The highest BCUT2D eigenvalue weighted by Gasteiger charge is 2.24. The summed E-state index contributed by atoms with van der Waals surface area (Å²) < 4.78 is 5.83. The van der Waals surface area contributed by atoms with Gasteiger partial charge in [-0.25, -0.2) is 4.79 Å². The Hall–Kier alpha value is -2.40. The zero-order valence-electron chi connectivity index (χ0n) is 13.7. The lowest BCUT2D eigenvalue weighted by Gasteiger charge is -2.30. The van der Waals surface area contributed by atoms with E-state index in [1.54, 1.807) is 6.20 Å². The fourth-order valence-corrected chi connectivity index (χ4v) is 2.91. The minimum Gasteiger partial charge on any atom is -0.373 e. The van der Waals surface area contributed by atoms with Crippen molar-refractivity contribution >= 4 is 6.03 Å². The third-order valence-electron chi connectivity index (χ3n) is 4.18. The molecule has 5 heteroatoms. The van der Waals surface area contributed by atoms with Gasteiger partial charge >= 0.3 is 6.03 Å². The smallest absolute Gasteiger partial charge is 0.315 e. The van der Waals surface area contributed by atoms with Gasteiger partial charge in [-0.05, 0) is 30.5 Å². The van der Waals surface area contributed by atoms with Gasteiger partial charge in [-0.1, -0.05) is 36.4 Å². The van der Waals surface area contributed by atoms with Crippen LogP contribution in [0, 0.1) is 0 Å². The number of benzene rings is 1. The van der Waals surface area contributed by atoms with E-state index in [1.165, 1.54) is 5.56 Å². The van der Waals surface area contributed by atoms with E-state index in [1.807, 2.05) is 36.4 Å². The quantitative estimate of drug-likeness (QED) is 0.888. The topological polar surface area (TPSA) is 63.2 Å². The maximum atomic E-state index is 12.1. The van der Waals surface area contributed by atoms with E-state index in [2.05, 4.69) is 27.8 Å². The van der Waals surface area contributed by atoms with Crippen LogP contribution in [0.15, 0.2) is 54.7 Å². The number of nitrogens with zero attached hydrogens (tertiary/aromatic N) is 1. The number of carbonyl (C=O) groups excluding carboxylic acids is 1. The summed E-state index contributed by atoms with van der Waals surface area (Å²) in [6.45, 7) is 1.24. The number of hydrogen-bond donors (Lipinski definition) is 2. The van der Waals surface area contributed by atoms with Crippen molar-refractivity contribution in [1.82, 2.24) is 15.6 Å². The molecular formula is C19H23N3O2. The van der Waals surface area contributed by atoms with Gasteiger partial charge in [0, 0.05) is 37.5 Å². The van der Waals surface area contributed by atoms with Crippen molar-refractivity contribution in [3.8, 4) is 0 Å². The minimum absolute atomic E-state index is 0.0544. The van der Waals surface area contributed by atoms with E-state index in [0.717, 1.165) is 25.0 Å². The highest BCUT2D eigenvalue weighted by Crippen LogP contribution is 2.27. The third kappa shape index (κ3) is 4.80. The molecule has 2 N–H and O–H groups in total. The van der Waals surface area contributed by atoms with Crippen molar-refractivity contribution in [2.45, 2.75) is 31.4 Å². The summed E-state index contributed by atoms with van der Waals surface area (Å²) >= 11 is 0. The monoisotopic (exact) mass is 325 g/mol. The summed E-state index contributed by atoms with van der Waals surface area (Å²) in [6, 6.07) is 16.0. The first-order valence-corrected chi connectivity index (χ1v) is 8.42. The van der Waals surface area contributed by atoms with Crippen molar-refractivity contribution < 1.29 is 9.53 Å². The number of hydrogen-bond acceptors (Lipinski definition) is 3. The second-order valence-corrected chi connectivity index (χ2v) is 5.96. The van der Waals surface area contributed by atoms with Crippen LogP contribution in [0.3, 0.4) is 0 Å². The number of ether oxygens (including phenoxy) is 1. The number of rotatable bonds is 5. The number of aromatic nitrogens is 1. The van der Waals surface area contributed by atoms with Crippen molar-refractivity contribution in [2.24, 2.45) is 0 Å². The Morgan fingerprint density at radius 3 is 2.79 bits per heavy atom. The van der Waals surface area contributed by atoms with Crippen molar-refractivity contribution in [2.75, 3.05) is 13.2 Å². The van der Waals surface area contributed by atoms with E-state index in [9.17, 15) is 4.79 Å². The normalized spacial score (nSPS) is 20.3. The van der Waals surface area contributed by atoms with Crippen LogP contribution in [0.4, 0.5) is 4.79 Å². The summed E-state index contributed by atoms with van der Waals surface area (Å²) in [5, 5.41) is 5.96. The molecule has 126 valence electrons. The first kappa shape index (κ1) is 16.5. The maximum Gasteiger partial charge on any atom is 0.315 e. The average Bonchev–Trinajstić information content (AvgIpc) is 2.63. The second kappa shape index (κ2) is 8.45. The lowest BCUT2D eigenvalue weighted by Crippen LogP contribution is -2.45. The van der Waals surface area contributed by atoms with Crippen LogP contribution in [0.25, 0.3) is 0 Å². The summed E-state index contributed by atoms with van der Waals surface area (Å²) in [5.41, 5.74) is 2.15. The van der Waals surface area contributed by atoms with Gasteiger partial charge in [-0.3, -0.25) is 4.98 Å². The standard InChI is InChI=1S/C19H23N3O2/c23-19(21-12-9-16-8-4-5-11-20-16)22-17-10-13-24-18(14-17)15-6-2-1-3-7-15/h1-8,11,17-18H,9-10,12-14H2,(H2,21,22,23). The Bertz CT molecular complexity index is 634. The molecule has 1 aromatic carbocycles. The Morgan fingerprint density at radius 1 is 1.17 bits per heavy atom. The van der Waals surface area contributed by atoms with E-state index in [4.69, 9.17) is 4.74 Å². The lowest BCUT2D eigenvalue weighted by molar-refractivity contribution is 0.00227. The molecule has 0 bridgehead atoms. The number of nitrogens with one attached hydrogen (secondary N) is 2. The molecule has 0 radical (unpaired) electrons. The maximum absolute atomic E-state index is 12.1. The number of urea groups is 1. The molecular weight excluding hydrogens is 302 g/mol. The molecule has 3 rings (SSSR count). The molecule has 0 spiro atoms. The second-order valence-electron chi connectivity index (χ2n) is 5.96. The molecule has 24 heavy (non-hydrogen) atoms. The molecule has 2 unspecified atom stereocenters. The van der Waals surface area contributed by atoms with Gasteiger partial charge in [0.2, 0.25) is 0 Å². The van der Waals surface area contributed by atoms with Gasteiger partial charge < -0.3 is 15.4 Å². The Balaban J connectivity index is 1.42. The molecule has 2 amide bonds. The van der Waals surface area contributed by atoms with Crippen LogP contribution < -0.4 is 10.6 Å². The third-order valence-corrected chi connectivity index (χ3v) is 4.18. The largest absolute Gasteiger partial charge is 0.373 e. The number of pyridine rings is 1.